The van der Waals surface area contributed by atoms with E-state index in [1.807, 2.05) is 0 Å². The summed E-state index contributed by atoms with van der Waals surface area (Å²) in [5.74, 6) is -1.23. The van der Waals surface area contributed by atoms with E-state index in [1.165, 1.54) is 13.3 Å². The third-order valence-corrected chi connectivity index (χ3v) is 4.04. The van der Waals surface area contributed by atoms with Crippen LogP contribution in [0, 0.1) is 11.3 Å². The highest BCUT2D eigenvalue weighted by Gasteiger charge is 2.15. The van der Waals surface area contributed by atoms with Crippen LogP contribution >= 0.6 is 11.7 Å². The smallest absolute Gasteiger partial charge is 0.339 e. The lowest BCUT2D eigenvalue weighted by molar-refractivity contribution is -0.116. The molecule has 0 saturated heterocycles. The second kappa shape index (κ2) is 7.12. The van der Waals surface area contributed by atoms with Crippen molar-refractivity contribution in [2.45, 2.75) is 6.54 Å². The Morgan fingerprint density at radius 3 is 2.92 bits per heavy atom. The first-order valence-corrected chi connectivity index (χ1v) is 8.00. The van der Waals surface area contributed by atoms with Gasteiger partial charge in [-0.2, -0.15) is 14.0 Å². The molecule has 0 atom stereocenters. The number of aromatic nitrogens is 3. The van der Waals surface area contributed by atoms with Crippen molar-refractivity contribution in [3.05, 3.63) is 51.9 Å². The van der Waals surface area contributed by atoms with E-state index in [0.29, 0.717) is 16.7 Å². The number of nitrogens with zero attached hydrogens (tertiary/aromatic N) is 4. The van der Waals surface area contributed by atoms with E-state index < -0.39 is 17.4 Å². The Labute approximate surface area is 150 Å². The zero-order valence-corrected chi connectivity index (χ0v) is 14.2. The zero-order valence-electron chi connectivity index (χ0n) is 13.4. The molecule has 0 bridgehead atoms. The Morgan fingerprint density at radius 2 is 2.19 bits per heavy atom. The Bertz CT molecular complexity index is 1110. The third kappa shape index (κ3) is 3.28. The van der Waals surface area contributed by atoms with Crippen LogP contribution in [0.4, 0.5) is 5.69 Å². The van der Waals surface area contributed by atoms with Crippen LogP contribution in [0.5, 0.6) is 0 Å². The fourth-order valence-corrected chi connectivity index (χ4v) is 2.86. The number of fused-ring (bicyclic) bond motifs is 1. The van der Waals surface area contributed by atoms with Crippen molar-refractivity contribution < 1.29 is 14.3 Å². The average Bonchev–Trinajstić information content (AvgIpc) is 3.12. The minimum absolute atomic E-state index is 0.00209. The topological polar surface area (TPSA) is 127 Å². The molecule has 0 radical (unpaired) electrons. The molecule has 1 amide bonds. The van der Waals surface area contributed by atoms with Crippen molar-refractivity contribution in [1.29, 1.82) is 5.26 Å². The van der Waals surface area contributed by atoms with Gasteiger partial charge in [0.25, 0.3) is 5.56 Å². The molecule has 1 N–H and O–H groups in total. The van der Waals surface area contributed by atoms with Crippen molar-refractivity contribution in [1.82, 2.24) is 13.3 Å². The van der Waals surface area contributed by atoms with Gasteiger partial charge in [-0.1, -0.05) is 6.07 Å². The van der Waals surface area contributed by atoms with E-state index >= 15 is 0 Å². The summed E-state index contributed by atoms with van der Waals surface area (Å²) in [4.78, 5) is 36.2. The second-order valence-electron chi connectivity index (χ2n) is 5.16. The Morgan fingerprint density at radius 1 is 1.38 bits per heavy atom. The third-order valence-electron chi connectivity index (χ3n) is 3.50. The first kappa shape index (κ1) is 17.2. The van der Waals surface area contributed by atoms with Crippen LogP contribution < -0.4 is 10.9 Å². The molecule has 0 aliphatic carbocycles. The molecule has 26 heavy (non-hydrogen) atoms. The molecular formula is C16H11N5O4S. The number of methoxy groups -OCH3 is 1. The minimum Gasteiger partial charge on any atom is -0.465 e. The Balaban J connectivity index is 1.89. The number of ether oxygens (including phenoxy) is 1. The number of rotatable bonds is 4. The fourth-order valence-electron chi connectivity index (χ4n) is 2.31. The first-order valence-electron chi connectivity index (χ1n) is 7.27. The maximum Gasteiger partial charge on any atom is 0.339 e. The van der Waals surface area contributed by atoms with Gasteiger partial charge in [0.2, 0.25) is 5.91 Å². The van der Waals surface area contributed by atoms with Gasteiger partial charge in [-0.05, 0) is 18.2 Å². The van der Waals surface area contributed by atoms with E-state index in [1.54, 1.807) is 24.3 Å². The fraction of sp³-hybridized carbons (Fsp3) is 0.125. The summed E-state index contributed by atoms with van der Waals surface area (Å²) in [5.41, 5.74) is 0.708. The quantitative estimate of drug-likeness (QED) is 0.683. The maximum atomic E-state index is 12.3. The van der Waals surface area contributed by atoms with Gasteiger partial charge in [-0.15, -0.1) is 0 Å². The SMILES string of the molecule is COC(=O)c1cc(C#N)c(=O)n(CC(=O)Nc2cccc3nsnc23)c1. The van der Waals surface area contributed by atoms with E-state index in [-0.39, 0.29) is 17.7 Å². The molecule has 2 heterocycles. The molecule has 0 aliphatic rings. The lowest BCUT2D eigenvalue weighted by Crippen LogP contribution is -2.30. The lowest BCUT2D eigenvalue weighted by atomic mass is 10.2. The van der Waals surface area contributed by atoms with E-state index in [9.17, 15) is 14.4 Å². The molecule has 10 heteroatoms. The number of hydrogen-bond donors (Lipinski definition) is 1. The first-order chi connectivity index (χ1) is 12.5. The van der Waals surface area contributed by atoms with E-state index in [0.717, 1.165) is 22.4 Å². The number of nitrogens with one attached hydrogen (secondary N) is 1. The lowest BCUT2D eigenvalue weighted by Gasteiger charge is -2.09. The number of carbonyl (C=O) groups excluding carboxylic acids is 2. The highest BCUT2D eigenvalue weighted by molar-refractivity contribution is 7.00. The molecule has 3 aromatic rings. The molecular weight excluding hydrogens is 358 g/mol. The molecule has 2 aromatic heterocycles. The van der Waals surface area contributed by atoms with Gasteiger partial charge in [-0.25, -0.2) is 4.79 Å². The summed E-state index contributed by atoms with van der Waals surface area (Å²) in [6.07, 6.45) is 1.18. The number of esters is 1. The van der Waals surface area contributed by atoms with Crippen LogP contribution in [-0.4, -0.2) is 32.3 Å². The van der Waals surface area contributed by atoms with E-state index in [4.69, 9.17) is 5.26 Å². The number of anilines is 1. The molecule has 0 spiro atoms. The summed E-state index contributed by atoms with van der Waals surface area (Å²) in [6, 6.07) is 7.98. The monoisotopic (exact) mass is 369 g/mol. The number of carbonyl (C=O) groups is 2. The van der Waals surface area contributed by atoms with Gasteiger partial charge in [0.15, 0.2) is 0 Å². The standard InChI is InChI=1S/C16H11N5O4S/c1-25-16(24)10-5-9(6-17)15(23)21(7-10)8-13(22)18-11-3-2-4-12-14(11)20-26-19-12/h2-5,7H,8H2,1H3,(H,18,22). The number of benzene rings is 1. The summed E-state index contributed by atoms with van der Waals surface area (Å²) in [7, 11) is 1.18. The van der Waals surface area contributed by atoms with Crippen molar-refractivity contribution in [2.24, 2.45) is 0 Å². The molecule has 9 nitrogen and oxygen atoms in total. The van der Waals surface area contributed by atoms with Gasteiger partial charge >= 0.3 is 5.97 Å². The van der Waals surface area contributed by atoms with Gasteiger partial charge in [-0.3, -0.25) is 9.59 Å². The molecule has 3 rings (SSSR count). The number of hydrogen-bond acceptors (Lipinski definition) is 8. The van der Waals surface area contributed by atoms with Crippen molar-refractivity contribution >= 4 is 40.3 Å². The predicted molar refractivity (Wildman–Crippen MR) is 92.8 cm³/mol. The Hall–Kier alpha value is -3.58. The number of amides is 1. The van der Waals surface area contributed by atoms with Crippen LogP contribution in [0.25, 0.3) is 11.0 Å². The maximum absolute atomic E-state index is 12.3. The van der Waals surface area contributed by atoms with Crippen LogP contribution in [0.1, 0.15) is 15.9 Å². The van der Waals surface area contributed by atoms with Gasteiger partial charge in [0.1, 0.15) is 29.2 Å². The minimum atomic E-state index is -0.714. The van der Waals surface area contributed by atoms with E-state index in [2.05, 4.69) is 18.8 Å². The molecule has 1 aromatic carbocycles. The summed E-state index contributed by atoms with van der Waals surface area (Å²) >= 11 is 1.02. The summed E-state index contributed by atoms with van der Waals surface area (Å²) < 4.78 is 13.8. The van der Waals surface area contributed by atoms with Crippen LogP contribution in [0.3, 0.4) is 0 Å². The Kier molecular flexibility index (Phi) is 4.72. The van der Waals surface area contributed by atoms with Crippen LogP contribution in [-0.2, 0) is 16.1 Å². The molecule has 0 unspecified atom stereocenters. The number of nitriles is 1. The highest BCUT2D eigenvalue weighted by Crippen LogP contribution is 2.21. The average molecular weight is 369 g/mol. The number of pyridine rings is 1. The van der Waals surface area contributed by atoms with Crippen LogP contribution in [0.2, 0.25) is 0 Å². The van der Waals surface area contributed by atoms with Gasteiger partial charge in [0, 0.05) is 6.20 Å². The summed E-state index contributed by atoms with van der Waals surface area (Å²) in [6.45, 7) is -0.383. The largest absolute Gasteiger partial charge is 0.465 e. The molecule has 0 fully saturated rings. The summed E-state index contributed by atoms with van der Waals surface area (Å²) in [5, 5.41) is 11.7. The molecule has 0 saturated carbocycles. The highest BCUT2D eigenvalue weighted by atomic mass is 32.1. The second-order valence-corrected chi connectivity index (χ2v) is 5.69. The van der Waals surface area contributed by atoms with Crippen molar-refractivity contribution in [2.75, 3.05) is 12.4 Å². The van der Waals surface area contributed by atoms with Gasteiger partial charge in [0.05, 0.1) is 30.1 Å². The van der Waals surface area contributed by atoms with Gasteiger partial charge < -0.3 is 14.6 Å². The normalized spacial score (nSPS) is 10.3. The predicted octanol–water partition coefficient (Wildman–Crippen LogP) is 1.15. The molecule has 0 aliphatic heterocycles. The van der Waals surface area contributed by atoms with Crippen molar-refractivity contribution in [3.63, 3.8) is 0 Å². The zero-order chi connectivity index (χ0) is 18.7. The molecule has 130 valence electrons. The van der Waals surface area contributed by atoms with Crippen molar-refractivity contribution in [3.8, 4) is 6.07 Å². The van der Waals surface area contributed by atoms with Crippen LogP contribution in [0.15, 0.2) is 35.3 Å².